The number of amides is 1. The van der Waals surface area contributed by atoms with Crippen molar-refractivity contribution in [2.45, 2.75) is 5.92 Å². The van der Waals surface area contributed by atoms with Gasteiger partial charge in [-0.25, -0.2) is 0 Å². The molecule has 1 atom stereocenters. The first-order valence-electron chi connectivity index (χ1n) is 9.27. The molecule has 1 amide bonds. The Bertz CT molecular complexity index is 1060. The number of rotatable bonds is 6. The summed E-state index contributed by atoms with van der Waals surface area (Å²) in [7, 11) is 4.05. The van der Waals surface area contributed by atoms with E-state index in [0.717, 1.165) is 16.8 Å². The first kappa shape index (κ1) is 17.9. The van der Waals surface area contributed by atoms with Crippen molar-refractivity contribution in [3.63, 3.8) is 0 Å². The van der Waals surface area contributed by atoms with Crippen LogP contribution in [0.1, 0.15) is 27.4 Å². The Morgan fingerprint density at radius 3 is 2.61 bits per heavy atom. The molecule has 0 radical (unpaired) electrons. The molecule has 2 aromatic carbocycles. The Labute approximate surface area is 164 Å². The van der Waals surface area contributed by atoms with E-state index in [9.17, 15) is 4.79 Å². The number of benzene rings is 2. The van der Waals surface area contributed by atoms with Gasteiger partial charge in [-0.05, 0) is 35.4 Å². The smallest absolute Gasteiger partial charge is 0.254 e. The van der Waals surface area contributed by atoms with Crippen LogP contribution in [0, 0.1) is 0 Å². The van der Waals surface area contributed by atoms with Gasteiger partial charge >= 0.3 is 0 Å². The van der Waals surface area contributed by atoms with E-state index in [1.807, 2.05) is 32.4 Å². The molecule has 5 heteroatoms. The van der Waals surface area contributed by atoms with Gasteiger partial charge in [-0.2, -0.15) is 0 Å². The molecule has 0 aliphatic heterocycles. The molecule has 142 valence electrons. The largest absolute Gasteiger partial charge is 0.472 e. The number of nitrogens with zero attached hydrogens (tertiary/aromatic N) is 1. The van der Waals surface area contributed by atoms with Gasteiger partial charge in [-0.3, -0.25) is 4.79 Å². The van der Waals surface area contributed by atoms with Crippen molar-refractivity contribution in [2.24, 2.45) is 0 Å². The molecule has 0 saturated heterocycles. The molecule has 0 saturated carbocycles. The van der Waals surface area contributed by atoms with E-state index in [1.165, 1.54) is 23.5 Å². The fraction of sp³-hybridized carbons (Fsp3) is 0.174. The number of H-pyrrole nitrogens is 1. The van der Waals surface area contributed by atoms with Gasteiger partial charge in [0.1, 0.15) is 6.26 Å². The topological polar surface area (TPSA) is 61.3 Å². The number of carbonyl (C=O) groups excluding carboxylic acids is 1. The molecule has 1 unspecified atom stereocenters. The lowest BCUT2D eigenvalue weighted by atomic mass is 9.90. The van der Waals surface area contributed by atoms with Crippen LogP contribution in [0.15, 0.2) is 77.7 Å². The van der Waals surface area contributed by atoms with Crippen LogP contribution < -0.4 is 10.2 Å². The third kappa shape index (κ3) is 3.51. The highest BCUT2D eigenvalue weighted by Crippen LogP contribution is 2.31. The normalized spacial score (nSPS) is 12.1. The number of hydrogen-bond acceptors (Lipinski definition) is 3. The minimum absolute atomic E-state index is 0.0308. The summed E-state index contributed by atoms with van der Waals surface area (Å²) in [6.07, 6.45) is 5.01. The summed E-state index contributed by atoms with van der Waals surface area (Å²) in [6.45, 7) is 0.493. The minimum atomic E-state index is -0.136. The van der Waals surface area contributed by atoms with Crippen LogP contribution in [0.3, 0.4) is 0 Å². The third-order valence-electron chi connectivity index (χ3n) is 5.06. The lowest BCUT2D eigenvalue weighted by Crippen LogP contribution is -2.28. The summed E-state index contributed by atoms with van der Waals surface area (Å²) >= 11 is 0. The van der Waals surface area contributed by atoms with Gasteiger partial charge in [-0.15, -0.1) is 0 Å². The second-order valence-electron chi connectivity index (χ2n) is 7.05. The van der Waals surface area contributed by atoms with E-state index in [4.69, 9.17) is 4.42 Å². The van der Waals surface area contributed by atoms with Gasteiger partial charge in [0, 0.05) is 49.3 Å². The van der Waals surface area contributed by atoms with Crippen LogP contribution in [0.5, 0.6) is 0 Å². The molecule has 2 heterocycles. The Kier molecular flexibility index (Phi) is 4.89. The van der Waals surface area contributed by atoms with Crippen molar-refractivity contribution in [1.82, 2.24) is 10.3 Å². The summed E-state index contributed by atoms with van der Waals surface area (Å²) < 4.78 is 5.02. The lowest BCUT2D eigenvalue weighted by molar-refractivity contribution is 0.0952. The zero-order valence-corrected chi connectivity index (χ0v) is 16.0. The second-order valence-corrected chi connectivity index (χ2v) is 7.05. The molecule has 5 nitrogen and oxygen atoms in total. The fourth-order valence-electron chi connectivity index (χ4n) is 3.48. The first-order chi connectivity index (χ1) is 13.6. The Morgan fingerprint density at radius 1 is 1.11 bits per heavy atom. The maximum atomic E-state index is 12.4. The van der Waals surface area contributed by atoms with E-state index >= 15 is 0 Å². The van der Waals surface area contributed by atoms with Crippen LogP contribution in [0.25, 0.3) is 10.9 Å². The molecule has 0 aliphatic carbocycles. The molecular formula is C23H23N3O2. The fourth-order valence-corrected chi connectivity index (χ4v) is 3.48. The van der Waals surface area contributed by atoms with E-state index in [-0.39, 0.29) is 11.8 Å². The van der Waals surface area contributed by atoms with Crippen molar-refractivity contribution in [1.29, 1.82) is 0 Å². The summed E-state index contributed by atoms with van der Waals surface area (Å²) in [6, 6.07) is 18.4. The third-order valence-corrected chi connectivity index (χ3v) is 5.06. The summed E-state index contributed by atoms with van der Waals surface area (Å²) in [4.78, 5) is 17.9. The maximum absolute atomic E-state index is 12.4. The average molecular weight is 373 g/mol. The van der Waals surface area contributed by atoms with Crippen molar-refractivity contribution >= 4 is 22.5 Å². The lowest BCUT2D eigenvalue weighted by Gasteiger charge is -2.20. The quantitative estimate of drug-likeness (QED) is 0.527. The van der Waals surface area contributed by atoms with Crippen molar-refractivity contribution in [3.05, 3.63) is 90.0 Å². The predicted octanol–water partition coefficient (Wildman–Crippen LogP) is 4.39. The molecule has 2 aromatic heterocycles. The standard InChI is InChI=1S/C23H23N3O2/c1-26(2)18-9-7-16(8-10-18)20(13-25-23(27)17-11-12-28-15-17)21-14-24-22-6-4-3-5-19(21)22/h3-12,14-15,20,24H,13H2,1-2H3,(H,25,27). The number of anilines is 1. The van der Waals surface area contributed by atoms with E-state index in [2.05, 4.69) is 51.6 Å². The number of aromatic nitrogens is 1. The summed E-state index contributed by atoms with van der Waals surface area (Å²) in [5, 5.41) is 4.22. The Balaban J connectivity index is 1.67. The minimum Gasteiger partial charge on any atom is -0.472 e. The monoisotopic (exact) mass is 373 g/mol. The number of furan rings is 1. The molecule has 0 spiro atoms. The van der Waals surface area contributed by atoms with Crippen LogP contribution in [-0.4, -0.2) is 31.5 Å². The first-order valence-corrected chi connectivity index (χ1v) is 9.27. The highest BCUT2D eigenvalue weighted by atomic mass is 16.3. The highest BCUT2D eigenvalue weighted by molar-refractivity contribution is 5.94. The number of nitrogens with one attached hydrogen (secondary N) is 2. The molecule has 4 aromatic rings. The molecule has 4 rings (SSSR count). The number of fused-ring (bicyclic) bond motifs is 1. The number of carbonyl (C=O) groups is 1. The molecule has 0 bridgehead atoms. The van der Waals surface area contributed by atoms with Gasteiger partial charge in [0.05, 0.1) is 11.8 Å². The number of hydrogen-bond donors (Lipinski definition) is 2. The van der Waals surface area contributed by atoms with Crippen LogP contribution >= 0.6 is 0 Å². The second kappa shape index (κ2) is 7.64. The van der Waals surface area contributed by atoms with E-state index in [1.54, 1.807) is 6.07 Å². The van der Waals surface area contributed by atoms with Gasteiger partial charge in [0.15, 0.2) is 0 Å². The van der Waals surface area contributed by atoms with Crippen molar-refractivity contribution < 1.29 is 9.21 Å². The van der Waals surface area contributed by atoms with Gasteiger partial charge in [-0.1, -0.05) is 30.3 Å². The van der Waals surface area contributed by atoms with Crippen molar-refractivity contribution in [3.8, 4) is 0 Å². The van der Waals surface area contributed by atoms with Crippen LogP contribution in [-0.2, 0) is 0 Å². The van der Waals surface area contributed by atoms with Crippen LogP contribution in [0.4, 0.5) is 5.69 Å². The highest BCUT2D eigenvalue weighted by Gasteiger charge is 2.20. The molecule has 0 fully saturated rings. The summed E-state index contributed by atoms with van der Waals surface area (Å²) in [5.41, 5.74) is 5.08. The molecule has 2 N–H and O–H groups in total. The maximum Gasteiger partial charge on any atom is 0.254 e. The van der Waals surface area contributed by atoms with Crippen LogP contribution in [0.2, 0.25) is 0 Å². The van der Waals surface area contributed by atoms with E-state index in [0.29, 0.717) is 12.1 Å². The average Bonchev–Trinajstić information content (AvgIpc) is 3.39. The molecular weight excluding hydrogens is 350 g/mol. The molecule has 28 heavy (non-hydrogen) atoms. The van der Waals surface area contributed by atoms with Gasteiger partial charge < -0.3 is 19.6 Å². The SMILES string of the molecule is CN(C)c1ccc(C(CNC(=O)c2ccoc2)c2c[nH]c3ccccc23)cc1. The zero-order chi connectivity index (χ0) is 19.5. The number of para-hydroxylation sites is 1. The number of aromatic amines is 1. The van der Waals surface area contributed by atoms with Gasteiger partial charge in [0.2, 0.25) is 0 Å². The zero-order valence-electron chi connectivity index (χ0n) is 16.0. The Morgan fingerprint density at radius 2 is 1.89 bits per heavy atom. The molecule has 0 aliphatic rings. The predicted molar refractivity (Wildman–Crippen MR) is 112 cm³/mol. The van der Waals surface area contributed by atoms with Crippen molar-refractivity contribution in [2.75, 3.05) is 25.5 Å². The van der Waals surface area contributed by atoms with Gasteiger partial charge in [0.25, 0.3) is 5.91 Å². The Hall–Kier alpha value is -3.47. The summed E-state index contributed by atoms with van der Waals surface area (Å²) in [5.74, 6) is -0.105. The van der Waals surface area contributed by atoms with E-state index < -0.39 is 0 Å².